The molecule has 1 N–H and O–H groups in total. The number of rotatable bonds is 3. The van der Waals surface area contributed by atoms with Gasteiger partial charge in [0.2, 0.25) is 0 Å². The number of hydrogen-bond acceptors (Lipinski definition) is 6. The minimum atomic E-state index is -1.91. The number of hydrogen-bond donors (Lipinski definition) is 1. The molecule has 1 aliphatic heterocycles. The third kappa shape index (κ3) is 2.56. The Labute approximate surface area is 91.9 Å². The Hall–Kier alpha value is -1.47. The van der Waals surface area contributed by atoms with Crippen molar-refractivity contribution in [3.63, 3.8) is 0 Å². The van der Waals surface area contributed by atoms with Gasteiger partial charge in [-0.05, 0) is 6.92 Å². The summed E-state index contributed by atoms with van der Waals surface area (Å²) in [4.78, 5) is 34.6. The summed E-state index contributed by atoms with van der Waals surface area (Å²) < 4.78 is 9.04. The largest absolute Gasteiger partial charge is 0.467 e. The minimum absolute atomic E-state index is 0.233. The van der Waals surface area contributed by atoms with Crippen LogP contribution in [0.4, 0.5) is 0 Å². The fourth-order valence-electron chi connectivity index (χ4n) is 1.29. The molecule has 0 radical (unpaired) electrons. The average molecular weight is 231 g/mol. The molecule has 1 fully saturated rings. The van der Waals surface area contributed by atoms with Crippen LogP contribution in [0.2, 0.25) is 0 Å². The zero-order chi connectivity index (χ0) is 12.3. The van der Waals surface area contributed by atoms with Gasteiger partial charge < -0.3 is 14.6 Å². The Balaban J connectivity index is 2.74. The topological polar surface area (TPSA) is 93.1 Å². The summed E-state index contributed by atoms with van der Waals surface area (Å²) in [6.07, 6.45) is 0. The summed E-state index contributed by atoms with van der Waals surface area (Å²) in [5, 5.41) is 9.71. The first kappa shape index (κ1) is 12.6. The molecule has 1 aliphatic rings. The monoisotopic (exact) mass is 231 g/mol. The van der Waals surface area contributed by atoms with E-state index in [-0.39, 0.29) is 13.2 Å². The molecular weight excluding hydrogens is 218 g/mol. The average Bonchev–Trinajstić information content (AvgIpc) is 2.22. The van der Waals surface area contributed by atoms with Gasteiger partial charge >= 0.3 is 5.97 Å². The summed E-state index contributed by atoms with van der Waals surface area (Å²) in [7, 11) is 1.11. The maximum Gasteiger partial charge on any atom is 0.339 e. The molecule has 1 rings (SSSR count). The summed E-state index contributed by atoms with van der Waals surface area (Å²) >= 11 is 0. The van der Waals surface area contributed by atoms with Crippen LogP contribution in [-0.2, 0) is 23.9 Å². The first-order valence-electron chi connectivity index (χ1n) is 4.60. The summed E-state index contributed by atoms with van der Waals surface area (Å²) in [5.41, 5.74) is -1.91. The standard InChI is InChI=1S/C9H13NO6/c1-9(14,8(13)15-2)5-10-6(11)3-16-4-7(10)12/h14H,3-5H2,1-2H3. The van der Waals surface area contributed by atoms with Crippen molar-refractivity contribution in [3.05, 3.63) is 0 Å². The molecule has 16 heavy (non-hydrogen) atoms. The number of β-amino-alcohol motifs (C(OH)–C–C–N with tert-alkyl or cyclic N) is 1. The summed E-state index contributed by atoms with van der Waals surface area (Å²) in [6, 6.07) is 0. The maximum atomic E-state index is 11.3. The van der Waals surface area contributed by atoms with Crippen molar-refractivity contribution in [2.45, 2.75) is 12.5 Å². The van der Waals surface area contributed by atoms with Crippen molar-refractivity contribution in [1.29, 1.82) is 0 Å². The Morgan fingerprint density at radius 1 is 1.50 bits per heavy atom. The summed E-state index contributed by atoms with van der Waals surface area (Å²) in [5.74, 6) is -2.07. The number of methoxy groups -OCH3 is 1. The van der Waals surface area contributed by atoms with E-state index in [4.69, 9.17) is 0 Å². The van der Waals surface area contributed by atoms with Crippen LogP contribution in [0.1, 0.15) is 6.92 Å². The number of ether oxygens (including phenoxy) is 2. The van der Waals surface area contributed by atoms with Gasteiger partial charge in [0, 0.05) is 0 Å². The van der Waals surface area contributed by atoms with Crippen LogP contribution in [0.5, 0.6) is 0 Å². The lowest BCUT2D eigenvalue weighted by atomic mass is 10.1. The predicted octanol–water partition coefficient (Wildman–Crippen LogP) is -1.70. The molecule has 90 valence electrons. The van der Waals surface area contributed by atoms with E-state index in [1.54, 1.807) is 0 Å². The van der Waals surface area contributed by atoms with Crippen LogP contribution in [0, 0.1) is 0 Å². The number of aliphatic hydroxyl groups is 1. The molecule has 0 bridgehead atoms. The lowest BCUT2D eigenvalue weighted by molar-refractivity contribution is -0.170. The second-order valence-electron chi connectivity index (χ2n) is 3.63. The maximum absolute atomic E-state index is 11.3. The fraction of sp³-hybridized carbons (Fsp3) is 0.667. The molecule has 0 aromatic carbocycles. The summed E-state index contributed by atoms with van der Waals surface area (Å²) in [6.45, 7) is 0.279. The highest BCUT2D eigenvalue weighted by Gasteiger charge is 2.39. The van der Waals surface area contributed by atoms with Gasteiger partial charge in [0.15, 0.2) is 5.60 Å². The van der Waals surface area contributed by atoms with Crippen molar-refractivity contribution in [1.82, 2.24) is 4.90 Å². The van der Waals surface area contributed by atoms with E-state index in [1.165, 1.54) is 6.92 Å². The number of imide groups is 1. The number of morpholine rings is 1. The lowest BCUT2D eigenvalue weighted by Crippen LogP contribution is -2.55. The van der Waals surface area contributed by atoms with Crippen LogP contribution in [-0.4, -0.2) is 60.3 Å². The molecule has 0 aliphatic carbocycles. The number of carbonyl (C=O) groups excluding carboxylic acids is 3. The highest BCUT2D eigenvalue weighted by atomic mass is 16.5. The van der Waals surface area contributed by atoms with Gasteiger partial charge in [0.25, 0.3) is 11.8 Å². The molecule has 0 aromatic rings. The van der Waals surface area contributed by atoms with E-state index in [0.717, 1.165) is 12.0 Å². The smallest absolute Gasteiger partial charge is 0.339 e. The fourth-order valence-corrected chi connectivity index (χ4v) is 1.29. The normalized spacial score (nSPS) is 20.6. The quantitative estimate of drug-likeness (QED) is 0.459. The van der Waals surface area contributed by atoms with Crippen molar-refractivity contribution in [3.8, 4) is 0 Å². The van der Waals surface area contributed by atoms with Crippen LogP contribution in [0.15, 0.2) is 0 Å². The van der Waals surface area contributed by atoms with Gasteiger partial charge in [-0.15, -0.1) is 0 Å². The second-order valence-corrected chi connectivity index (χ2v) is 3.63. The number of amides is 2. The van der Waals surface area contributed by atoms with Crippen molar-refractivity contribution in [2.75, 3.05) is 26.9 Å². The van der Waals surface area contributed by atoms with E-state index < -0.39 is 29.9 Å². The number of nitrogens with zero attached hydrogens (tertiary/aromatic N) is 1. The first-order chi connectivity index (χ1) is 7.38. The van der Waals surface area contributed by atoms with E-state index >= 15 is 0 Å². The Morgan fingerprint density at radius 2 is 2.00 bits per heavy atom. The van der Waals surface area contributed by atoms with Gasteiger partial charge in [-0.25, -0.2) is 4.79 Å². The van der Waals surface area contributed by atoms with E-state index in [2.05, 4.69) is 9.47 Å². The molecule has 1 atom stereocenters. The lowest BCUT2D eigenvalue weighted by Gasteiger charge is -2.30. The van der Waals surface area contributed by atoms with Crippen LogP contribution < -0.4 is 0 Å². The molecule has 0 spiro atoms. The number of esters is 1. The van der Waals surface area contributed by atoms with E-state index in [9.17, 15) is 19.5 Å². The Kier molecular flexibility index (Phi) is 3.61. The molecule has 2 amide bonds. The molecular formula is C9H13NO6. The highest BCUT2D eigenvalue weighted by molar-refractivity contribution is 5.99. The third-order valence-electron chi connectivity index (χ3n) is 2.14. The van der Waals surface area contributed by atoms with Crippen molar-refractivity contribution < 1.29 is 29.0 Å². The van der Waals surface area contributed by atoms with Gasteiger partial charge in [-0.3, -0.25) is 14.5 Å². The molecule has 7 heteroatoms. The first-order valence-corrected chi connectivity index (χ1v) is 4.60. The molecule has 1 heterocycles. The van der Waals surface area contributed by atoms with E-state index in [1.807, 2.05) is 0 Å². The van der Waals surface area contributed by atoms with Crippen LogP contribution in [0.25, 0.3) is 0 Å². The minimum Gasteiger partial charge on any atom is -0.467 e. The van der Waals surface area contributed by atoms with Crippen LogP contribution in [0.3, 0.4) is 0 Å². The van der Waals surface area contributed by atoms with Gasteiger partial charge in [-0.1, -0.05) is 0 Å². The Morgan fingerprint density at radius 3 is 2.44 bits per heavy atom. The van der Waals surface area contributed by atoms with Crippen molar-refractivity contribution in [2.24, 2.45) is 0 Å². The van der Waals surface area contributed by atoms with E-state index in [0.29, 0.717) is 0 Å². The second kappa shape index (κ2) is 4.58. The third-order valence-corrected chi connectivity index (χ3v) is 2.14. The van der Waals surface area contributed by atoms with Gasteiger partial charge in [0.1, 0.15) is 13.2 Å². The zero-order valence-corrected chi connectivity index (χ0v) is 9.06. The molecule has 7 nitrogen and oxygen atoms in total. The Bertz CT molecular complexity index is 308. The van der Waals surface area contributed by atoms with Gasteiger partial charge in [0.05, 0.1) is 13.7 Å². The number of carbonyl (C=O) groups is 3. The van der Waals surface area contributed by atoms with Crippen molar-refractivity contribution >= 4 is 17.8 Å². The van der Waals surface area contributed by atoms with Gasteiger partial charge in [-0.2, -0.15) is 0 Å². The highest BCUT2D eigenvalue weighted by Crippen LogP contribution is 2.11. The zero-order valence-electron chi connectivity index (χ0n) is 9.06. The molecule has 0 saturated carbocycles. The molecule has 1 unspecified atom stereocenters. The molecule has 0 aromatic heterocycles. The molecule has 1 saturated heterocycles. The van der Waals surface area contributed by atoms with Crippen LogP contribution >= 0.6 is 0 Å². The SMILES string of the molecule is COC(=O)C(C)(O)CN1C(=O)COCC1=O. The predicted molar refractivity (Wildman–Crippen MR) is 50.2 cm³/mol.